The predicted octanol–water partition coefficient (Wildman–Crippen LogP) is 1.13. The molecule has 0 aliphatic carbocycles. The first-order valence-corrected chi connectivity index (χ1v) is 7.44. The summed E-state index contributed by atoms with van der Waals surface area (Å²) >= 11 is 1.47. The van der Waals surface area contributed by atoms with Gasteiger partial charge in [0.2, 0.25) is 0 Å². The largest absolute Gasteiger partial charge is 0.299 e. The summed E-state index contributed by atoms with van der Waals surface area (Å²) in [4.78, 5) is 11.0. The molecule has 3 nitrogen and oxygen atoms in total. The summed E-state index contributed by atoms with van der Waals surface area (Å²) in [5.74, 6) is 0.943. The number of ketones is 1. The van der Waals surface area contributed by atoms with Crippen LogP contribution in [0.1, 0.15) is 19.8 Å². The lowest BCUT2D eigenvalue weighted by Crippen LogP contribution is -2.11. The van der Waals surface area contributed by atoms with Crippen LogP contribution in [0.5, 0.6) is 0 Å². The maximum atomic E-state index is 11.0. The normalized spacial score (nSPS) is 11.5. The maximum absolute atomic E-state index is 11.0. The fourth-order valence-electron chi connectivity index (χ4n) is 0.867. The van der Waals surface area contributed by atoms with E-state index in [2.05, 4.69) is 0 Å². The number of carbonyl (C=O) groups excluding carboxylic acids is 1. The van der Waals surface area contributed by atoms with Crippen molar-refractivity contribution in [3.63, 3.8) is 0 Å². The average molecular weight is 224 g/mol. The first kappa shape index (κ1) is 13.0. The zero-order chi connectivity index (χ0) is 10.3. The Hall–Kier alpha value is -0.0300. The van der Waals surface area contributed by atoms with E-state index in [4.69, 9.17) is 0 Å². The van der Waals surface area contributed by atoms with Crippen LogP contribution in [-0.4, -0.2) is 37.7 Å². The molecule has 5 heteroatoms. The third-order valence-corrected chi connectivity index (χ3v) is 4.06. The molecule has 0 spiro atoms. The molecular weight excluding hydrogens is 208 g/mol. The molecule has 0 N–H and O–H groups in total. The van der Waals surface area contributed by atoms with Crippen LogP contribution in [0.3, 0.4) is 0 Å². The van der Waals surface area contributed by atoms with Gasteiger partial charge in [-0.25, -0.2) is 8.42 Å². The highest BCUT2D eigenvalue weighted by Gasteiger charge is 2.08. The van der Waals surface area contributed by atoms with E-state index in [-0.39, 0.29) is 17.3 Å². The Morgan fingerprint density at radius 2 is 2.00 bits per heavy atom. The van der Waals surface area contributed by atoms with Gasteiger partial charge in [-0.3, -0.25) is 4.79 Å². The van der Waals surface area contributed by atoms with Crippen LogP contribution in [0.2, 0.25) is 0 Å². The van der Waals surface area contributed by atoms with Gasteiger partial charge in [0.1, 0.15) is 15.6 Å². The Labute approximate surface area is 84.2 Å². The van der Waals surface area contributed by atoms with Gasteiger partial charge in [-0.05, 0) is 12.7 Å². The van der Waals surface area contributed by atoms with Gasteiger partial charge in [-0.1, -0.05) is 6.92 Å². The smallest absolute Gasteiger partial charge is 0.150 e. The van der Waals surface area contributed by atoms with Crippen LogP contribution < -0.4 is 0 Å². The second-order valence-electron chi connectivity index (χ2n) is 2.81. The third kappa shape index (κ3) is 7.07. The minimum Gasteiger partial charge on any atom is -0.299 e. The molecule has 0 unspecified atom stereocenters. The van der Waals surface area contributed by atoms with Gasteiger partial charge < -0.3 is 0 Å². The van der Waals surface area contributed by atoms with E-state index in [0.717, 1.165) is 0 Å². The van der Waals surface area contributed by atoms with E-state index in [0.29, 0.717) is 18.6 Å². The van der Waals surface area contributed by atoms with Crippen molar-refractivity contribution in [2.24, 2.45) is 0 Å². The minimum absolute atomic E-state index is 0.138. The van der Waals surface area contributed by atoms with E-state index in [1.54, 1.807) is 6.92 Å². The van der Waals surface area contributed by atoms with Crippen molar-refractivity contribution in [2.75, 3.05) is 23.5 Å². The van der Waals surface area contributed by atoms with Crippen LogP contribution >= 0.6 is 11.8 Å². The van der Waals surface area contributed by atoms with Crippen molar-refractivity contribution in [1.29, 1.82) is 0 Å². The first-order chi connectivity index (χ1) is 6.02. The monoisotopic (exact) mass is 224 g/mol. The number of thioether (sulfide) groups is 1. The average Bonchev–Trinajstić information content (AvgIpc) is 2.05. The molecule has 0 saturated carbocycles. The van der Waals surface area contributed by atoms with E-state index < -0.39 is 9.84 Å². The molecule has 0 aliphatic rings. The van der Waals surface area contributed by atoms with Crippen LogP contribution in [0, 0.1) is 0 Å². The SMILES string of the molecule is CCS(=O)(=O)CCCC(=O)CSC. The van der Waals surface area contributed by atoms with Crippen molar-refractivity contribution in [2.45, 2.75) is 19.8 Å². The second-order valence-corrected chi connectivity index (χ2v) is 6.15. The Balaban J connectivity index is 3.62. The fourth-order valence-corrected chi connectivity index (χ4v) is 2.21. The molecular formula is C8H16O3S2. The van der Waals surface area contributed by atoms with Crippen molar-refractivity contribution >= 4 is 27.4 Å². The first-order valence-electron chi connectivity index (χ1n) is 4.23. The molecule has 0 bridgehead atoms. The standard InChI is InChI=1S/C8H16O3S2/c1-3-13(10,11)6-4-5-8(9)7-12-2/h3-7H2,1-2H3. The van der Waals surface area contributed by atoms with Gasteiger partial charge in [0.15, 0.2) is 0 Å². The quantitative estimate of drug-likeness (QED) is 0.650. The van der Waals surface area contributed by atoms with Crippen molar-refractivity contribution in [1.82, 2.24) is 0 Å². The number of Topliss-reactive ketones (excluding diaryl/α,β-unsaturated/α-hetero) is 1. The fraction of sp³-hybridized carbons (Fsp3) is 0.875. The molecule has 0 saturated heterocycles. The molecule has 13 heavy (non-hydrogen) atoms. The molecule has 0 rings (SSSR count). The molecule has 0 amide bonds. The molecule has 0 aromatic carbocycles. The van der Waals surface area contributed by atoms with Gasteiger partial charge in [-0.15, -0.1) is 0 Å². The summed E-state index contributed by atoms with van der Waals surface area (Å²) in [6.45, 7) is 1.62. The van der Waals surface area contributed by atoms with Crippen molar-refractivity contribution in [3.8, 4) is 0 Å². The topological polar surface area (TPSA) is 51.2 Å². The highest BCUT2D eigenvalue weighted by Crippen LogP contribution is 2.01. The summed E-state index contributed by atoms with van der Waals surface area (Å²) in [6, 6.07) is 0. The van der Waals surface area contributed by atoms with E-state index >= 15 is 0 Å². The molecule has 0 fully saturated rings. The van der Waals surface area contributed by atoms with Crippen molar-refractivity contribution in [3.05, 3.63) is 0 Å². The number of rotatable bonds is 7. The Kier molecular flexibility index (Phi) is 6.41. The van der Waals surface area contributed by atoms with Crippen LogP contribution in [0.25, 0.3) is 0 Å². The lowest BCUT2D eigenvalue weighted by atomic mass is 10.2. The zero-order valence-electron chi connectivity index (χ0n) is 8.08. The molecule has 78 valence electrons. The Morgan fingerprint density at radius 3 is 2.46 bits per heavy atom. The molecule has 0 aliphatic heterocycles. The summed E-state index contributed by atoms with van der Waals surface area (Å²) in [5.41, 5.74) is 0. The molecule has 0 radical (unpaired) electrons. The molecule has 0 aromatic heterocycles. The van der Waals surface area contributed by atoms with Gasteiger partial charge in [-0.2, -0.15) is 11.8 Å². The third-order valence-electron chi connectivity index (χ3n) is 1.66. The van der Waals surface area contributed by atoms with Crippen LogP contribution in [0.15, 0.2) is 0 Å². The lowest BCUT2D eigenvalue weighted by molar-refractivity contribution is -0.116. The maximum Gasteiger partial charge on any atom is 0.150 e. The highest BCUT2D eigenvalue weighted by atomic mass is 32.2. The number of hydrogen-bond acceptors (Lipinski definition) is 4. The summed E-state index contributed by atoms with van der Waals surface area (Å²) in [5, 5.41) is 0. The molecule has 0 aromatic rings. The number of sulfone groups is 1. The van der Waals surface area contributed by atoms with Gasteiger partial charge in [0, 0.05) is 12.2 Å². The molecule has 0 atom stereocenters. The number of hydrogen-bond donors (Lipinski definition) is 0. The van der Waals surface area contributed by atoms with Crippen LogP contribution in [0.4, 0.5) is 0 Å². The minimum atomic E-state index is -2.89. The van der Waals surface area contributed by atoms with Crippen LogP contribution in [-0.2, 0) is 14.6 Å². The van der Waals surface area contributed by atoms with Gasteiger partial charge >= 0.3 is 0 Å². The summed E-state index contributed by atoms with van der Waals surface area (Å²) < 4.78 is 22.0. The zero-order valence-corrected chi connectivity index (χ0v) is 9.71. The Bertz CT molecular complexity index is 244. The predicted molar refractivity (Wildman–Crippen MR) is 57.0 cm³/mol. The lowest BCUT2D eigenvalue weighted by Gasteiger charge is -2.00. The van der Waals surface area contributed by atoms with E-state index in [1.165, 1.54) is 11.8 Å². The van der Waals surface area contributed by atoms with E-state index in [1.807, 2.05) is 6.26 Å². The second kappa shape index (κ2) is 6.43. The molecule has 0 heterocycles. The van der Waals surface area contributed by atoms with Gasteiger partial charge in [0.25, 0.3) is 0 Å². The summed E-state index contributed by atoms with van der Waals surface area (Å²) in [7, 11) is -2.89. The number of carbonyl (C=O) groups is 1. The Morgan fingerprint density at radius 1 is 1.38 bits per heavy atom. The summed E-state index contributed by atoms with van der Waals surface area (Å²) in [6.07, 6.45) is 2.72. The van der Waals surface area contributed by atoms with Gasteiger partial charge in [0.05, 0.1) is 11.5 Å². The van der Waals surface area contributed by atoms with E-state index in [9.17, 15) is 13.2 Å². The highest BCUT2D eigenvalue weighted by molar-refractivity contribution is 7.99. The van der Waals surface area contributed by atoms with Crippen molar-refractivity contribution < 1.29 is 13.2 Å².